The van der Waals surface area contributed by atoms with Crippen LogP contribution in [0.25, 0.3) is 0 Å². The number of ether oxygens (including phenoxy) is 1. The average molecular weight is 280 g/mol. The van der Waals surface area contributed by atoms with Gasteiger partial charge in [-0.3, -0.25) is 4.79 Å². The highest BCUT2D eigenvalue weighted by molar-refractivity contribution is 5.80. The minimum atomic E-state index is -0.0276. The highest BCUT2D eigenvalue weighted by atomic mass is 16.5. The van der Waals surface area contributed by atoms with Crippen LogP contribution in [0.1, 0.15) is 52.9 Å². The summed E-state index contributed by atoms with van der Waals surface area (Å²) in [5.74, 6) is 0.676. The molecule has 0 aromatic rings. The van der Waals surface area contributed by atoms with Gasteiger partial charge in [0.2, 0.25) is 5.91 Å². The Bertz CT molecular complexity index is 396. The van der Waals surface area contributed by atoms with E-state index in [0.29, 0.717) is 12.0 Å². The molecule has 2 heterocycles. The monoisotopic (exact) mass is 280 g/mol. The van der Waals surface area contributed by atoms with Crippen molar-refractivity contribution in [3.63, 3.8) is 0 Å². The lowest BCUT2D eigenvalue weighted by Crippen LogP contribution is -2.54. The molecule has 2 saturated heterocycles. The fraction of sp³-hybridized carbons (Fsp3) is 0.938. The summed E-state index contributed by atoms with van der Waals surface area (Å²) in [5, 5.41) is 3.27. The Hall–Kier alpha value is -0.610. The Morgan fingerprint density at radius 1 is 1.25 bits per heavy atom. The van der Waals surface area contributed by atoms with Gasteiger partial charge < -0.3 is 15.8 Å². The van der Waals surface area contributed by atoms with Gasteiger partial charge in [-0.25, -0.2) is 0 Å². The van der Waals surface area contributed by atoms with E-state index in [1.165, 1.54) is 0 Å². The van der Waals surface area contributed by atoms with E-state index in [4.69, 9.17) is 10.5 Å². The van der Waals surface area contributed by atoms with Gasteiger partial charge in [0.05, 0.1) is 18.2 Å². The smallest absolute Gasteiger partial charge is 0.223 e. The minimum Gasteiger partial charge on any atom is -0.373 e. The molecule has 0 aromatic heterocycles. The maximum absolute atomic E-state index is 12.7. The molecule has 3 rings (SSSR count). The first-order valence-corrected chi connectivity index (χ1v) is 8.11. The van der Waals surface area contributed by atoms with Crippen molar-refractivity contribution in [3.05, 3.63) is 0 Å². The molecule has 0 aromatic carbocycles. The normalized spacial score (nSPS) is 46.4. The van der Waals surface area contributed by atoms with E-state index < -0.39 is 0 Å². The van der Waals surface area contributed by atoms with E-state index >= 15 is 0 Å². The number of carbonyl (C=O) groups excluding carboxylic acids is 1. The maximum Gasteiger partial charge on any atom is 0.223 e. The second-order valence-electron chi connectivity index (χ2n) is 7.63. The molecule has 0 spiro atoms. The summed E-state index contributed by atoms with van der Waals surface area (Å²) in [4.78, 5) is 12.7. The highest BCUT2D eigenvalue weighted by Crippen LogP contribution is 2.45. The molecule has 0 radical (unpaired) electrons. The predicted octanol–water partition coefficient (Wildman–Crippen LogP) is 1.82. The van der Waals surface area contributed by atoms with Gasteiger partial charge in [0.25, 0.3) is 0 Å². The largest absolute Gasteiger partial charge is 0.373 e. The first kappa shape index (κ1) is 14.3. The van der Waals surface area contributed by atoms with Crippen LogP contribution in [0.15, 0.2) is 0 Å². The van der Waals surface area contributed by atoms with E-state index in [1.54, 1.807) is 0 Å². The fourth-order valence-electron chi connectivity index (χ4n) is 4.39. The number of carbonyl (C=O) groups is 1. The van der Waals surface area contributed by atoms with Crippen LogP contribution in [-0.2, 0) is 9.53 Å². The number of amides is 1. The van der Waals surface area contributed by atoms with Gasteiger partial charge >= 0.3 is 0 Å². The molecular formula is C16H28N2O2. The van der Waals surface area contributed by atoms with E-state index in [0.717, 1.165) is 32.1 Å². The van der Waals surface area contributed by atoms with Gasteiger partial charge in [0.1, 0.15) is 0 Å². The second kappa shape index (κ2) is 4.99. The molecule has 6 atom stereocenters. The van der Waals surface area contributed by atoms with Crippen LogP contribution in [0.4, 0.5) is 0 Å². The number of nitrogens with two attached hydrogens (primary N) is 1. The van der Waals surface area contributed by atoms with E-state index in [2.05, 4.69) is 26.1 Å². The molecule has 1 amide bonds. The molecule has 20 heavy (non-hydrogen) atoms. The van der Waals surface area contributed by atoms with Crippen LogP contribution >= 0.6 is 0 Å². The SMILES string of the molecule is CC1C(N)CCC(C(=O)NC2CC3CCC2O3)C1(C)C. The van der Waals surface area contributed by atoms with Crippen LogP contribution in [0, 0.1) is 17.3 Å². The summed E-state index contributed by atoms with van der Waals surface area (Å²) in [5.41, 5.74) is 6.15. The zero-order valence-corrected chi connectivity index (χ0v) is 12.9. The van der Waals surface area contributed by atoms with Crippen molar-refractivity contribution in [2.75, 3.05) is 0 Å². The molecule has 2 aliphatic heterocycles. The Morgan fingerprint density at radius 3 is 2.60 bits per heavy atom. The molecule has 3 fully saturated rings. The van der Waals surface area contributed by atoms with Crippen molar-refractivity contribution in [2.24, 2.45) is 23.0 Å². The summed E-state index contributed by atoms with van der Waals surface area (Å²) in [6.07, 6.45) is 5.77. The molecule has 4 heteroatoms. The molecule has 1 aliphatic carbocycles. The van der Waals surface area contributed by atoms with Gasteiger partial charge in [-0.15, -0.1) is 0 Å². The van der Waals surface area contributed by atoms with Crippen molar-refractivity contribution < 1.29 is 9.53 Å². The third kappa shape index (κ3) is 2.27. The Labute approximate surface area is 121 Å². The molecular weight excluding hydrogens is 252 g/mol. The van der Waals surface area contributed by atoms with Crippen molar-refractivity contribution >= 4 is 5.91 Å². The summed E-state index contributed by atoms with van der Waals surface area (Å²) >= 11 is 0. The molecule has 114 valence electrons. The van der Waals surface area contributed by atoms with Crippen LogP contribution < -0.4 is 11.1 Å². The van der Waals surface area contributed by atoms with Gasteiger partial charge in [-0.05, 0) is 43.4 Å². The summed E-state index contributed by atoms with van der Waals surface area (Å²) in [6.45, 7) is 6.57. The quantitative estimate of drug-likeness (QED) is 0.811. The zero-order chi connectivity index (χ0) is 14.5. The standard InChI is InChI=1S/C16H28N2O2/c1-9-12(17)6-5-11(16(9,2)3)15(19)18-13-8-10-4-7-14(13)20-10/h9-14H,4-8,17H2,1-3H3,(H,18,19). The summed E-state index contributed by atoms with van der Waals surface area (Å²) in [6, 6.07) is 0.461. The number of fused-ring (bicyclic) bond motifs is 2. The van der Waals surface area contributed by atoms with Crippen molar-refractivity contribution in [1.29, 1.82) is 0 Å². The predicted molar refractivity (Wildman–Crippen MR) is 78.1 cm³/mol. The van der Waals surface area contributed by atoms with Crippen LogP contribution in [-0.4, -0.2) is 30.2 Å². The molecule has 3 N–H and O–H groups in total. The zero-order valence-electron chi connectivity index (χ0n) is 12.9. The lowest BCUT2D eigenvalue weighted by atomic mass is 9.61. The van der Waals surface area contributed by atoms with Gasteiger partial charge in [-0.1, -0.05) is 20.8 Å². The maximum atomic E-state index is 12.7. The lowest BCUT2D eigenvalue weighted by molar-refractivity contribution is -0.133. The Balaban J connectivity index is 1.65. The average Bonchev–Trinajstić information content (AvgIpc) is 2.98. The van der Waals surface area contributed by atoms with Crippen molar-refractivity contribution in [2.45, 2.75) is 77.2 Å². The van der Waals surface area contributed by atoms with Gasteiger partial charge in [-0.2, -0.15) is 0 Å². The first-order valence-electron chi connectivity index (χ1n) is 8.11. The summed E-state index contributed by atoms with van der Waals surface area (Å²) in [7, 11) is 0. The second-order valence-corrected chi connectivity index (χ2v) is 7.63. The van der Waals surface area contributed by atoms with Gasteiger partial charge in [0, 0.05) is 12.0 Å². The van der Waals surface area contributed by atoms with E-state index in [1.807, 2.05) is 0 Å². The molecule has 4 nitrogen and oxygen atoms in total. The minimum absolute atomic E-state index is 0.0276. The molecule has 6 unspecified atom stereocenters. The third-order valence-corrected chi connectivity index (χ3v) is 6.25. The summed E-state index contributed by atoms with van der Waals surface area (Å²) < 4.78 is 5.83. The van der Waals surface area contributed by atoms with Gasteiger partial charge in [0.15, 0.2) is 0 Å². The fourth-order valence-corrected chi connectivity index (χ4v) is 4.39. The van der Waals surface area contributed by atoms with Crippen molar-refractivity contribution in [3.8, 4) is 0 Å². The topological polar surface area (TPSA) is 64.4 Å². The molecule has 3 aliphatic rings. The number of nitrogens with one attached hydrogen (secondary N) is 1. The Morgan fingerprint density at radius 2 is 2.00 bits per heavy atom. The number of hydrogen-bond donors (Lipinski definition) is 2. The van der Waals surface area contributed by atoms with Crippen LogP contribution in [0.5, 0.6) is 0 Å². The highest BCUT2D eigenvalue weighted by Gasteiger charge is 2.47. The molecule has 2 bridgehead atoms. The van der Waals surface area contributed by atoms with E-state index in [-0.39, 0.29) is 35.4 Å². The van der Waals surface area contributed by atoms with Crippen molar-refractivity contribution in [1.82, 2.24) is 5.32 Å². The van der Waals surface area contributed by atoms with Crippen LogP contribution in [0.2, 0.25) is 0 Å². The third-order valence-electron chi connectivity index (χ3n) is 6.25. The lowest BCUT2D eigenvalue weighted by Gasteiger charge is -2.46. The number of hydrogen-bond acceptors (Lipinski definition) is 3. The first-order chi connectivity index (χ1) is 9.39. The Kier molecular flexibility index (Phi) is 3.57. The van der Waals surface area contributed by atoms with Crippen LogP contribution in [0.3, 0.4) is 0 Å². The number of rotatable bonds is 2. The molecule has 1 saturated carbocycles. The van der Waals surface area contributed by atoms with E-state index in [9.17, 15) is 4.79 Å².